The van der Waals surface area contributed by atoms with Crippen LogP contribution in [-0.2, 0) is 15.1 Å². The van der Waals surface area contributed by atoms with Crippen LogP contribution < -0.4 is 5.32 Å². The van der Waals surface area contributed by atoms with Crippen LogP contribution in [0.3, 0.4) is 0 Å². The Labute approximate surface area is 117 Å². The van der Waals surface area contributed by atoms with Crippen LogP contribution in [0.5, 0.6) is 0 Å². The van der Waals surface area contributed by atoms with Crippen molar-refractivity contribution in [3.8, 4) is 0 Å². The molecule has 2 aliphatic rings. The maximum absolute atomic E-state index is 11.7. The number of aliphatic carboxylic acids is 1. The first kappa shape index (κ1) is 12.9. The Hall–Kier alpha value is -2.10. The number of benzene rings is 1. The third-order valence-electron chi connectivity index (χ3n) is 4.51. The van der Waals surface area contributed by atoms with E-state index in [1.54, 1.807) is 6.92 Å². The molecule has 0 bridgehead atoms. The minimum atomic E-state index is -0.828. The summed E-state index contributed by atoms with van der Waals surface area (Å²) in [6, 6.07) is 7.59. The first-order valence-electron chi connectivity index (χ1n) is 6.84. The summed E-state index contributed by atoms with van der Waals surface area (Å²) in [6.45, 7) is 1.67. The lowest BCUT2D eigenvalue weighted by molar-refractivity contribution is -0.138. The second-order valence-corrected chi connectivity index (χ2v) is 5.64. The van der Waals surface area contributed by atoms with Crippen LogP contribution >= 0.6 is 0 Å². The second-order valence-electron chi connectivity index (χ2n) is 5.64. The number of hydrogen-bond donors (Lipinski definition) is 2. The van der Waals surface area contributed by atoms with Gasteiger partial charge in [-0.05, 0) is 24.5 Å². The largest absolute Gasteiger partial charge is 0.481 e. The fraction of sp³-hybridized carbons (Fsp3) is 0.375. The lowest BCUT2D eigenvalue weighted by atomic mass is 9.81. The average molecular weight is 271 g/mol. The van der Waals surface area contributed by atoms with Gasteiger partial charge in [-0.3, -0.25) is 9.59 Å². The lowest BCUT2D eigenvalue weighted by Gasteiger charge is -2.30. The van der Waals surface area contributed by atoms with Crippen LogP contribution in [0.25, 0.3) is 0 Å². The van der Waals surface area contributed by atoms with Crippen molar-refractivity contribution in [1.29, 1.82) is 0 Å². The maximum atomic E-state index is 11.7. The van der Waals surface area contributed by atoms with Gasteiger partial charge in [-0.15, -0.1) is 0 Å². The molecule has 1 amide bonds. The SMILES string of the molecule is CC(C(=O)O)c1ccc(C23CC=CC2CC(=O)N3)cc1. The molecule has 3 rings (SSSR count). The standard InChI is InChI=1S/C16H17NO3/c1-10(15(19)20)11-4-6-12(7-5-11)16-8-2-3-13(16)9-14(18)17-16/h2-7,10,13H,8-9H2,1H3,(H,17,18)(H,19,20). The Balaban J connectivity index is 1.92. The van der Waals surface area contributed by atoms with Gasteiger partial charge in [0.1, 0.15) is 0 Å². The molecule has 3 atom stereocenters. The smallest absolute Gasteiger partial charge is 0.310 e. The van der Waals surface area contributed by atoms with E-state index in [0.29, 0.717) is 6.42 Å². The molecule has 1 fully saturated rings. The number of fused-ring (bicyclic) bond motifs is 1. The highest BCUT2D eigenvalue weighted by Gasteiger charge is 2.48. The molecule has 3 unspecified atom stereocenters. The van der Waals surface area contributed by atoms with Crippen LogP contribution in [0, 0.1) is 5.92 Å². The number of nitrogens with one attached hydrogen (secondary N) is 1. The third kappa shape index (κ3) is 1.83. The molecule has 4 heteroatoms. The minimum absolute atomic E-state index is 0.0855. The maximum Gasteiger partial charge on any atom is 0.310 e. The zero-order valence-corrected chi connectivity index (χ0v) is 11.3. The van der Waals surface area contributed by atoms with Gasteiger partial charge >= 0.3 is 5.97 Å². The molecule has 1 aromatic rings. The molecule has 20 heavy (non-hydrogen) atoms. The topological polar surface area (TPSA) is 66.4 Å². The Bertz CT molecular complexity index is 590. The molecule has 1 aliphatic heterocycles. The molecule has 0 spiro atoms. The Kier molecular flexibility index (Phi) is 2.89. The van der Waals surface area contributed by atoms with E-state index >= 15 is 0 Å². The number of amides is 1. The van der Waals surface area contributed by atoms with Gasteiger partial charge in [0.2, 0.25) is 5.91 Å². The number of carboxylic acids is 1. The van der Waals surface area contributed by atoms with Crippen LogP contribution in [0.15, 0.2) is 36.4 Å². The number of rotatable bonds is 3. The monoisotopic (exact) mass is 271 g/mol. The summed E-state index contributed by atoms with van der Waals surface area (Å²) in [5.74, 6) is -1.05. The molecule has 1 heterocycles. The van der Waals surface area contributed by atoms with Crippen LogP contribution in [-0.4, -0.2) is 17.0 Å². The van der Waals surface area contributed by atoms with Crippen LogP contribution in [0.1, 0.15) is 36.8 Å². The van der Waals surface area contributed by atoms with Crippen molar-refractivity contribution in [2.75, 3.05) is 0 Å². The van der Waals surface area contributed by atoms with Crippen molar-refractivity contribution >= 4 is 11.9 Å². The van der Waals surface area contributed by atoms with Crippen molar-refractivity contribution in [1.82, 2.24) is 5.32 Å². The van der Waals surface area contributed by atoms with Gasteiger partial charge in [0.25, 0.3) is 0 Å². The van der Waals surface area contributed by atoms with Gasteiger partial charge in [-0.1, -0.05) is 36.4 Å². The molecule has 1 aliphatic carbocycles. The summed E-state index contributed by atoms with van der Waals surface area (Å²) in [5.41, 5.74) is 1.52. The molecule has 104 valence electrons. The van der Waals surface area contributed by atoms with Crippen LogP contribution in [0.2, 0.25) is 0 Å². The van der Waals surface area contributed by atoms with Gasteiger partial charge < -0.3 is 10.4 Å². The van der Waals surface area contributed by atoms with E-state index < -0.39 is 11.9 Å². The predicted octanol–water partition coefficient (Wildman–Crippen LogP) is 2.17. The number of carboxylic acid groups (broad SMARTS) is 1. The van der Waals surface area contributed by atoms with Gasteiger partial charge in [-0.2, -0.15) is 0 Å². The van der Waals surface area contributed by atoms with E-state index in [1.807, 2.05) is 24.3 Å². The van der Waals surface area contributed by atoms with E-state index in [-0.39, 0.29) is 17.4 Å². The molecule has 2 N–H and O–H groups in total. The zero-order chi connectivity index (χ0) is 14.3. The summed E-state index contributed by atoms with van der Waals surface area (Å²) in [7, 11) is 0. The quantitative estimate of drug-likeness (QED) is 0.828. The Morgan fingerprint density at radius 2 is 2.10 bits per heavy atom. The fourth-order valence-corrected chi connectivity index (χ4v) is 3.24. The molecule has 4 nitrogen and oxygen atoms in total. The van der Waals surface area contributed by atoms with Gasteiger partial charge in [0.15, 0.2) is 0 Å². The first-order chi connectivity index (χ1) is 9.53. The summed E-state index contributed by atoms with van der Waals surface area (Å²) in [6.07, 6.45) is 5.55. The summed E-state index contributed by atoms with van der Waals surface area (Å²) in [4.78, 5) is 22.7. The molecule has 0 radical (unpaired) electrons. The highest BCUT2D eigenvalue weighted by Crippen LogP contribution is 2.45. The molecular weight excluding hydrogens is 254 g/mol. The van der Waals surface area contributed by atoms with Crippen molar-refractivity contribution < 1.29 is 14.7 Å². The van der Waals surface area contributed by atoms with E-state index in [4.69, 9.17) is 5.11 Å². The Morgan fingerprint density at radius 1 is 1.40 bits per heavy atom. The number of carbonyl (C=O) groups excluding carboxylic acids is 1. The van der Waals surface area contributed by atoms with E-state index in [9.17, 15) is 9.59 Å². The van der Waals surface area contributed by atoms with Crippen LogP contribution in [0.4, 0.5) is 0 Å². The zero-order valence-electron chi connectivity index (χ0n) is 11.3. The molecule has 0 aromatic heterocycles. The van der Waals surface area contributed by atoms with E-state index in [1.165, 1.54) is 0 Å². The van der Waals surface area contributed by atoms with Crippen molar-refractivity contribution in [3.05, 3.63) is 47.5 Å². The predicted molar refractivity (Wildman–Crippen MR) is 74.2 cm³/mol. The molecule has 1 saturated heterocycles. The average Bonchev–Trinajstić information content (AvgIpc) is 2.94. The van der Waals surface area contributed by atoms with Crippen molar-refractivity contribution in [2.24, 2.45) is 5.92 Å². The highest BCUT2D eigenvalue weighted by molar-refractivity contribution is 5.81. The molecular formula is C16H17NO3. The van der Waals surface area contributed by atoms with E-state index in [2.05, 4.69) is 17.5 Å². The normalized spacial score (nSPS) is 29.1. The Morgan fingerprint density at radius 3 is 2.75 bits per heavy atom. The molecule has 0 saturated carbocycles. The van der Waals surface area contributed by atoms with E-state index in [0.717, 1.165) is 17.5 Å². The number of hydrogen-bond acceptors (Lipinski definition) is 2. The summed E-state index contributed by atoms with van der Waals surface area (Å²) in [5, 5.41) is 12.1. The van der Waals surface area contributed by atoms with Gasteiger partial charge in [0.05, 0.1) is 11.5 Å². The summed E-state index contributed by atoms with van der Waals surface area (Å²) >= 11 is 0. The van der Waals surface area contributed by atoms with Crippen molar-refractivity contribution in [2.45, 2.75) is 31.2 Å². The van der Waals surface area contributed by atoms with Crippen molar-refractivity contribution in [3.63, 3.8) is 0 Å². The molecule has 1 aromatic carbocycles. The van der Waals surface area contributed by atoms with Gasteiger partial charge in [0, 0.05) is 12.3 Å². The number of carbonyl (C=O) groups is 2. The van der Waals surface area contributed by atoms with Gasteiger partial charge in [-0.25, -0.2) is 0 Å². The lowest BCUT2D eigenvalue weighted by Crippen LogP contribution is -2.40. The first-order valence-corrected chi connectivity index (χ1v) is 6.84. The highest BCUT2D eigenvalue weighted by atomic mass is 16.4. The summed E-state index contributed by atoms with van der Waals surface area (Å²) < 4.78 is 0. The second kappa shape index (κ2) is 4.47. The third-order valence-corrected chi connectivity index (χ3v) is 4.51. The minimum Gasteiger partial charge on any atom is -0.481 e. The fourth-order valence-electron chi connectivity index (χ4n) is 3.24.